The standard InChI is InChI=1S/C12H19BrN4O2/c1-4-14-10(18)6-15-9-5-16-17(7-8(2)3)12(19)11(9)13/h5,8,15H,4,6-7H2,1-3H3,(H,14,18). The van der Waals surface area contributed by atoms with Crippen LogP contribution in [0.25, 0.3) is 0 Å². The maximum Gasteiger partial charge on any atom is 0.283 e. The Balaban J connectivity index is 2.79. The summed E-state index contributed by atoms with van der Waals surface area (Å²) in [5, 5.41) is 9.63. The molecule has 0 aromatic carbocycles. The third kappa shape index (κ3) is 4.66. The Morgan fingerprint density at radius 2 is 2.21 bits per heavy atom. The second-order valence-corrected chi connectivity index (χ2v) is 5.35. The van der Waals surface area contributed by atoms with E-state index >= 15 is 0 Å². The molecule has 0 unspecified atom stereocenters. The van der Waals surface area contributed by atoms with Crippen LogP contribution in [0.4, 0.5) is 5.69 Å². The molecule has 1 heterocycles. The zero-order valence-corrected chi connectivity index (χ0v) is 13.0. The van der Waals surface area contributed by atoms with Gasteiger partial charge in [-0.05, 0) is 28.8 Å². The van der Waals surface area contributed by atoms with Crippen molar-refractivity contribution in [2.75, 3.05) is 18.4 Å². The Morgan fingerprint density at radius 1 is 1.53 bits per heavy atom. The van der Waals surface area contributed by atoms with Gasteiger partial charge in [-0.15, -0.1) is 0 Å². The molecule has 0 spiro atoms. The fraction of sp³-hybridized carbons (Fsp3) is 0.583. The van der Waals surface area contributed by atoms with Crippen molar-refractivity contribution in [3.8, 4) is 0 Å². The number of halogens is 1. The normalized spacial score (nSPS) is 10.6. The molecule has 0 aliphatic heterocycles. The highest BCUT2D eigenvalue weighted by atomic mass is 79.9. The summed E-state index contributed by atoms with van der Waals surface area (Å²) >= 11 is 3.24. The molecule has 0 bridgehead atoms. The molecule has 1 amide bonds. The molecule has 0 aliphatic carbocycles. The van der Waals surface area contributed by atoms with Gasteiger partial charge in [0, 0.05) is 13.1 Å². The van der Waals surface area contributed by atoms with E-state index in [0.29, 0.717) is 29.2 Å². The van der Waals surface area contributed by atoms with Crippen molar-refractivity contribution in [2.24, 2.45) is 5.92 Å². The van der Waals surface area contributed by atoms with Crippen LogP contribution in [-0.4, -0.2) is 28.8 Å². The van der Waals surface area contributed by atoms with E-state index in [-0.39, 0.29) is 18.0 Å². The molecule has 0 radical (unpaired) electrons. The average Bonchev–Trinajstić information content (AvgIpc) is 2.34. The number of aromatic nitrogens is 2. The number of rotatable bonds is 6. The number of nitrogens with zero attached hydrogens (tertiary/aromatic N) is 2. The van der Waals surface area contributed by atoms with Gasteiger partial charge in [-0.25, -0.2) is 4.68 Å². The summed E-state index contributed by atoms with van der Waals surface area (Å²) in [7, 11) is 0. The van der Waals surface area contributed by atoms with Crippen LogP contribution in [0, 0.1) is 5.92 Å². The van der Waals surface area contributed by atoms with Crippen LogP contribution in [-0.2, 0) is 11.3 Å². The lowest BCUT2D eigenvalue weighted by Crippen LogP contribution is -2.31. The summed E-state index contributed by atoms with van der Waals surface area (Å²) in [6.45, 7) is 7.14. The van der Waals surface area contributed by atoms with Crippen LogP contribution >= 0.6 is 15.9 Å². The first-order valence-electron chi connectivity index (χ1n) is 6.21. The lowest BCUT2D eigenvalue weighted by atomic mass is 10.2. The number of amides is 1. The van der Waals surface area contributed by atoms with Crippen molar-refractivity contribution in [3.05, 3.63) is 21.0 Å². The molecule has 2 N–H and O–H groups in total. The molecule has 6 nitrogen and oxygen atoms in total. The predicted octanol–water partition coefficient (Wildman–Crippen LogP) is 1.21. The number of carbonyl (C=O) groups excluding carboxylic acids is 1. The first-order chi connectivity index (χ1) is 8.95. The van der Waals surface area contributed by atoms with Gasteiger partial charge in [0.15, 0.2) is 0 Å². The molecule has 106 valence electrons. The number of likely N-dealkylation sites (N-methyl/N-ethyl adjacent to an activating group) is 1. The molecule has 0 saturated carbocycles. The molecule has 1 rings (SSSR count). The van der Waals surface area contributed by atoms with E-state index in [1.165, 1.54) is 4.68 Å². The summed E-state index contributed by atoms with van der Waals surface area (Å²) in [6.07, 6.45) is 1.55. The number of hydrogen-bond donors (Lipinski definition) is 2. The molecule has 1 aromatic heterocycles. The topological polar surface area (TPSA) is 76.0 Å². The van der Waals surface area contributed by atoms with Gasteiger partial charge < -0.3 is 10.6 Å². The van der Waals surface area contributed by atoms with E-state index in [1.54, 1.807) is 6.20 Å². The Hall–Kier alpha value is -1.37. The van der Waals surface area contributed by atoms with E-state index in [0.717, 1.165) is 0 Å². The Labute approximate surface area is 120 Å². The van der Waals surface area contributed by atoms with Crippen LogP contribution in [0.1, 0.15) is 20.8 Å². The monoisotopic (exact) mass is 330 g/mol. The van der Waals surface area contributed by atoms with E-state index in [1.807, 2.05) is 20.8 Å². The maximum atomic E-state index is 12.0. The van der Waals surface area contributed by atoms with Gasteiger partial charge in [0.2, 0.25) is 5.91 Å². The molecular weight excluding hydrogens is 312 g/mol. The first-order valence-corrected chi connectivity index (χ1v) is 7.01. The lowest BCUT2D eigenvalue weighted by Gasteiger charge is -2.11. The number of anilines is 1. The highest BCUT2D eigenvalue weighted by molar-refractivity contribution is 9.10. The van der Waals surface area contributed by atoms with Crippen molar-refractivity contribution in [1.29, 1.82) is 0 Å². The zero-order chi connectivity index (χ0) is 14.4. The maximum absolute atomic E-state index is 12.0. The van der Waals surface area contributed by atoms with E-state index in [4.69, 9.17) is 0 Å². The summed E-state index contributed by atoms with van der Waals surface area (Å²) in [6, 6.07) is 0. The fourth-order valence-electron chi connectivity index (χ4n) is 1.50. The second kappa shape index (κ2) is 7.28. The third-order valence-electron chi connectivity index (χ3n) is 2.34. The van der Waals surface area contributed by atoms with Gasteiger partial charge in [0.1, 0.15) is 4.47 Å². The van der Waals surface area contributed by atoms with Crippen LogP contribution in [0.15, 0.2) is 15.5 Å². The van der Waals surface area contributed by atoms with Gasteiger partial charge >= 0.3 is 0 Å². The van der Waals surface area contributed by atoms with E-state index in [2.05, 4.69) is 31.7 Å². The van der Waals surface area contributed by atoms with Crippen LogP contribution in [0.2, 0.25) is 0 Å². The number of hydrogen-bond acceptors (Lipinski definition) is 4. The molecule has 0 aliphatic rings. The highest BCUT2D eigenvalue weighted by Gasteiger charge is 2.10. The summed E-state index contributed by atoms with van der Waals surface area (Å²) in [5.74, 6) is 0.215. The molecule has 7 heteroatoms. The van der Waals surface area contributed by atoms with Gasteiger partial charge in [0.05, 0.1) is 18.4 Å². The Kier molecular flexibility index (Phi) is 6.01. The Morgan fingerprint density at radius 3 is 2.79 bits per heavy atom. The predicted molar refractivity (Wildman–Crippen MR) is 78.2 cm³/mol. The zero-order valence-electron chi connectivity index (χ0n) is 11.4. The number of nitrogens with one attached hydrogen (secondary N) is 2. The van der Waals surface area contributed by atoms with E-state index in [9.17, 15) is 9.59 Å². The largest absolute Gasteiger partial charge is 0.374 e. The van der Waals surface area contributed by atoms with Crippen LogP contribution in [0.5, 0.6) is 0 Å². The summed E-state index contributed by atoms with van der Waals surface area (Å²) in [5.41, 5.74) is 0.325. The van der Waals surface area contributed by atoms with Crippen molar-refractivity contribution in [3.63, 3.8) is 0 Å². The quantitative estimate of drug-likeness (QED) is 0.822. The SMILES string of the molecule is CCNC(=O)CNc1cnn(CC(C)C)c(=O)c1Br. The first kappa shape index (κ1) is 15.7. The molecule has 1 aromatic rings. The van der Waals surface area contributed by atoms with Gasteiger partial charge in [-0.3, -0.25) is 9.59 Å². The molecular formula is C12H19BrN4O2. The minimum absolute atomic E-state index is 0.113. The van der Waals surface area contributed by atoms with Gasteiger partial charge in [0.25, 0.3) is 5.56 Å². The molecule has 0 saturated heterocycles. The number of carbonyl (C=O) groups is 1. The lowest BCUT2D eigenvalue weighted by molar-refractivity contribution is -0.119. The third-order valence-corrected chi connectivity index (χ3v) is 3.10. The van der Waals surface area contributed by atoms with Crippen LogP contribution in [0.3, 0.4) is 0 Å². The minimum atomic E-state index is -0.199. The second-order valence-electron chi connectivity index (χ2n) is 4.56. The van der Waals surface area contributed by atoms with Crippen molar-refractivity contribution < 1.29 is 4.79 Å². The van der Waals surface area contributed by atoms with Crippen molar-refractivity contribution >= 4 is 27.5 Å². The molecule has 0 fully saturated rings. The Bertz CT molecular complexity index is 499. The summed E-state index contributed by atoms with van der Waals surface area (Å²) in [4.78, 5) is 23.3. The van der Waals surface area contributed by atoms with Gasteiger partial charge in [-0.1, -0.05) is 13.8 Å². The molecule has 0 atom stereocenters. The smallest absolute Gasteiger partial charge is 0.283 e. The van der Waals surface area contributed by atoms with Gasteiger partial charge in [-0.2, -0.15) is 5.10 Å². The van der Waals surface area contributed by atoms with E-state index < -0.39 is 0 Å². The van der Waals surface area contributed by atoms with Crippen molar-refractivity contribution in [1.82, 2.24) is 15.1 Å². The minimum Gasteiger partial charge on any atom is -0.374 e. The molecule has 19 heavy (non-hydrogen) atoms. The van der Waals surface area contributed by atoms with Crippen molar-refractivity contribution in [2.45, 2.75) is 27.3 Å². The van der Waals surface area contributed by atoms with Crippen LogP contribution < -0.4 is 16.2 Å². The highest BCUT2D eigenvalue weighted by Crippen LogP contribution is 2.15. The summed E-state index contributed by atoms with van der Waals surface area (Å²) < 4.78 is 1.80. The fourth-order valence-corrected chi connectivity index (χ4v) is 1.95. The average molecular weight is 331 g/mol.